The molecule has 0 heterocycles. The molecule has 3 rings (SSSR count). The van der Waals surface area contributed by atoms with Crippen molar-refractivity contribution in [2.24, 2.45) is 39.4 Å². The Morgan fingerprint density at radius 2 is 1.57 bits per heavy atom. The van der Waals surface area contributed by atoms with E-state index in [1.165, 1.54) is 0 Å². The SMILES string of the molecule is CC.CC(C)CC(C(=O)NS(=O)(=O)C1CC2(C)CC3(C)CC1C32C)C(C)(C)C. The molecule has 0 aromatic heterocycles. The number of rotatable bonds is 5. The van der Waals surface area contributed by atoms with Crippen LogP contribution in [0.2, 0.25) is 0 Å². The van der Waals surface area contributed by atoms with E-state index in [9.17, 15) is 13.2 Å². The standard InChI is InChI=1S/C21H37NO3S.C2H6/c1-13(2)9-14(18(3,4)5)17(23)22-26(24,25)16-11-20(7)12-19(6)10-15(16)21(19,20)8;1-2/h13-16H,9-12H2,1-8H3,(H,22,23);1-2H3. The van der Waals surface area contributed by atoms with Gasteiger partial charge >= 0.3 is 0 Å². The Kier molecular flexibility index (Phi) is 5.92. The molecule has 3 fully saturated rings. The van der Waals surface area contributed by atoms with Crippen molar-refractivity contribution < 1.29 is 13.2 Å². The van der Waals surface area contributed by atoms with Crippen LogP contribution in [0.5, 0.6) is 0 Å². The number of hydrogen-bond donors (Lipinski definition) is 1. The number of amides is 1. The Labute approximate surface area is 173 Å². The maximum atomic E-state index is 13.2. The lowest BCUT2D eigenvalue weighted by molar-refractivity contribution is -0.272. The number of carbonyl (C=O) groups excluding carboxylic acids is 1. The van der Waals surface area contributed by atoms with Crippen LogP contribution < -0.4 is 4.72 Å². The molecule has 28 heavy (non-hydrogen) atoms. The second kappa shape index (κ2) is 6.99. The van der Waals surface area contributed by atoms with Crippen molar-refractivity contribution in [3.63, 3.8) is 0 Å². The van der Waals surface area contributed by atoms with E-state index in [2.05, 4.69) is 39.3 Å². The Hall–Kier alpha value is -0.580. The second-order valence-electron chi connectivity index (χ2n) is 11.6. The summed E-state index contributed by atoms with van der Waals surface area (Å²) in [4.78, 5) is 12.9. The van der Waals surface area contributed by atoms with E-state index in [1.54, 1.807) is 0 Å². The normalized spacial score (nSPS) is 39.8. The molecule has 0 spiro atoms. The van der Waals surface area contributed by atoms with Crippen molar-refractivity contribution >= 4 is 15.9 Å². The van der Waals surface area contributed by atoms with Crippen LogP contribution in [0.3, 0.4) is 0 Å². The third-order valence-electron chi connectivity index (χ3n) is 8.51. The van der Waals surface area contributed by atoms with E-state index in [4.69, 9.17) is 0 Å². The van der Waals surface area contributed by atoms with Crippen molar-refractivity contribution in [2.45, 2.75) is 100 Å². The van der Waals surface area contributed by atoms with Gasteiger partial charge in [-0.1, -0.05) is 69.2 Å². The lowest BCUT2D eigenvalue weighted by Gasteiger charge is -2.76. The maximum Gasteiger partial charge on any atom is 0.238 e. The topological polar surface area (TPSA) is 63.2 Å². The van der Waals surface area contributed by atoms with Crippen molar-refractivity contribution in [2.75, 3.05) is 0 Å². The molecule has 0 aromatic carbocycles. The average Bonchev–Trinajstić information content (AvgIpc) is 2.65. The van der Waals surface area contributed by atoms with E-state index >= 15 is 0 Å². The molecule has 3 aliphatic carbocycles. The highest BCUT2D eigenvalue weighted by Crippen LogP contribution is 2.86. The maximum absolute atomic E-state index is 13.2. The van der Waals surface area contributed by atoms with Gasteiger partial charge in [-0.2, -0.15) is 0 Å². The summed E-state index contributed by atoms with van der Waals surface area (Å²) in [6, 6.07) is 0. The lowest BCUT2D eigenvalue weighted by Crippen LogP contribution is -2.70. The van der Waals surface area contributed by atoms with Gasteiger partial charge in [0, 0.05) is 5.92 Å². The molecule has 4 nitrogen and oxygen atoms in total. The largest absolute Gasteiger partial charge is 0.274 e. The molecule has 0 saturated heterocycles. The molecule has 1 amide bonds. The van der Waals surface area contributed by atoms with E-state index in [0.29, 0.717) is 24.2 Å². The first kappa shape index (κ1) is 23.7. The van der Waals surface area contributed by atoms with Crippen LogP contribution in [-0.4, -0.2) is 19.6 Å². The third-order valence-corrected chi connectivity index (χ3v) is 10.3. The highest BCUT2D eigenvalue weighted by atomic mass is 32.2. The van der Waals surface area contributed by atoms with Gasteiger partial charge < -0.3 is 0 Å². The fourth-order valence-corrected chi connectivity index (χ4v) is 8.86. The van der Waals surface area contributed by atoms with E-state index < -0.39 is 15.3 Å². The molecule has 0 aromatic rings. The second-order valence-corrected chi connectivity index (χ2v) is 13.5. The minimum Gasteiger partial charge on any atom is -0.274 e. The quantitative estimate of drug-likeness (QED) is 0.658. The minimum absolute atomic E-state index is 0.106. The predicted octanol–water partition coefficient (Wildman–Crippen LogP) is 5.38. The van der Waals surface area contributed by atoms with Crippen LogP contribution in [0.1, 0.15) is 94.9 Å². The monoisotopic (exact) mass is 413 g/mol. The zero-order valence-corrected chi connectivity index (χ0v) is 20.6. The summed E-state index contributed by atoms with van der Waals surface area (Å²) >= 11 is 0. The molecule has 6 atom stereocenters. The summed E-state index contributed by atoms with van der Waals surface area (Å²) in [6.07, 6.45) is 3.49. The number of carbonyl (C=O) groups is 1. The first-order valence-electron chi connectivity index (χ1n) is 11.1. The van der Waals surface area contributed by atoms with Crippen molar-refractivity contribution in [3.8, 4) is 0 Å². The summed E-state index contributed by atoms with van der Waals surface area (Å²) in [6.45, 7) is 21.0. The summed E-state index contributed by atoms with van der Waals surface area (Å²) in [5.41, 5.74) is 0.260. The minimum atomic E-state index is -3.64. The zero-order chi connectivity index (χ0) is 21.9. The lowest BCUT2D eigenvalue weighted by atomic mass is 9.29. The Bertz CT molecular complexity index is 723. The van der Waals surface area contributed by atoms with Crippen molar-refractivity contribution in [1.82, 2.24) is 4.72 Å². The van der Waals surface area contributed by atoms with Crippen LogP contribution in [0.4, 0.5) is 0 Å². The van der Waals surface area contributed by atoms with E-state index in [0.717, 1.165) is 12.8 Å². The molecule has 0 radical (unpaired) electrons. The molecule has 0 aliphatic heterocycles. The van der Waals surface area contributed by atoms with Gasteiger partial charge in [-0.3, -0.25) is 9.52 Å². The molecular formula is C23H43NO3S. The van der Waals surface area contributed by atoms with Crippen LogP contribution in [-0.2, 0) is 14.8 Å². The number of nitrogens with one attached hydrogen (secondary N) is 1. The molecule has 3 saturated carbocycles. The van der Waals surface area contributed by atoms with Crippen molar-refractivity contribution in [1.29, 1.82) is 0 Å². The van der Waals surface area contributed by atoms with Gasteiger partial charge in [0.1, 0.15) is 0 Å². The number of hydrogen-bond acceptors (Lipinski definition) is 3. The smallest absolute Gasteiger partial charge is 0.238 e. The van der Waals surface area contributed by atoms with Gasteiger partial charge in [-0.25, -0.2) is 8.42 Å². The Morgan fingerprint density at radius 1 is 1.07 bits per heavy atom. The van der Waals surface area contributed by atoms with Crippen LogP contribution in [0, 0.1) is 39.4 Å². The van der Waals surface area contributed by atoms with Gasteiger partial charge in [-0.05, 0) is 59.2 Å². The number of sulfonamides is 1. The van der Waals surface area contributed by atoms with Gasteiger partial charge in [0.05, 0.1) is 5.25 Å². The van der Waals surface area contributed by atoms with Crippen LogP contribution >= 0.6 is 0 Å². The van der Waals surface area contributed by atoms with E-state index in [-0.39, 0.29) is 34.0 Å². The summed E-state index contributed by atoms with van der Waals surface area (Å²) in [5, 5.41) is -0.420. The summed E-state index contributed by atoms with van der Waals surface area (Å²) in [5.74, 6) is -0.0778. The first-order valence-corrected chi connectivity index (χ1v) is 12.7. The van der Waals surface area contributed by atoms with Gasteiger partial charge in [0.15, 0.2) is 0 Å². The molecule has 3 aliphatic rings. The molecule has 1 N–H and O–H groups in total. The first-order chi connectivity index (χ1) is 12.6. The zero-order valence-electron chi connectivity index (χ0n) is 19.8. The molecule has 5 heteroatoms. The predicted molar refractivity (Wildman–Crippen MR) is 116 cm³/mol. The van der Waals surface area contributed by atoms with E-state index in [1.807, 2.05) is 34.6 Å². The van der Waals surface area contributed by atoms with Crippen molar-refractivity contribution in [3.05, 3.63) is 0 Å². The fourth-order valence-electron chi connectivity index (χ4n) is 6.90. The summed E-state index contributed by atoms with van der Waals surface area (Å²) < 4.78 is 28.9. The van der Waals surface area contributed by atoms with Crippen LogP contribution in [0.15, 0.2) is 0 Å². The summed E-state index contributed by atoms with van der Waals surface area (Å²) in [7, 11) is -3.64. The van der Waals surface area contributed by atoms with Gasteiger partial charge in [0.2, 0.25) is 15.9 Å². The third kappa shape index (κ3) is 3.24. The Morgan fingerprint density at radius 3 is 1.96 bits per heavy atom. The Balaban J connectivity index is 0.00000136. The molecule has 164 valence electrons. The highest BCUT2D eigenvalue weighted by Gasteiger charge is 2.82. The molecule has 0 bridgehead atoms. The van der Waals surface area contributed by atoms with Gasteiger partial charge in [-0.15, -0.1) is 0 Å². The van der Waals surface area contributed by atoms with Crippen LogP contribution in [0.25, 0.3) is 0 Å². The highest BCUT2D eigenvalue weighted by molar-refractivity contribution is 7.90. The fraction of sp³-hybridized carbons (Fsp3) is 0.957. The average molecular weight is 414 g/mol. The van der Waals surface area contributed by atoms with Gasteiger partial charge in [0.25, 0.3) is 0 Å². The molecular weight excluding hydrogens is 370 g/mol. The molecule has 6 unspecified atom stereocenters.